The van der Waals surface area contributed by atoms with Crippen molar-refractivity contribution in [3.63, 3.8) is 0 Å². The van der Waals surface area contributed by atoms with Gasteiger partial charge in [-0.25, -0.2) is 4.79 Å². The van der Waals surface area contributed by atoms with Crippen molar-refractivity contribution in [3.05, 3.63) is 23.8 Å². The molecule has 1 aliphatic carbocycles. The highest BCUT2D eigenvalue weighted by Gasteiger charge is 2.38. The topological polar surface area (TPSA) is 119 Å². The number of carboxylic acid groups (broad SMARTS) is 1. The molecule has 8 heteroatoms. The standard InChI is InChI=1S/C16H20N2O6/c1-9(16(21)22)18(11-4-5-11)15(20)10-3-6-12(13(7-10)23-2)24-8-14(17)19/h3,6-7,9,11H,4-5,8H2,1-2H3,(H2,17,19)(H,21,22). The number of benzene rings is 1. The Labute approximate surface area is 139 Å². The third-order valence-corrected chi connectivity index (χ3v) is 3.73. The van der Waals surface area contributed by atoms with E-state index in [9.17, 15) is 19.5 Å². The van der Waals surface area contributed by atoms with Crippen molar-refractivity contribution in [2.75, 3.05) is 13.7 Å². The van der Waals surface area contributed by atoms with Crippen LogP contribution in [0.4, 0.5) is 0 Å². The van der Waals surface area contributed by atoms with Crippen molar-refractivity contribution in [1.82, 2.24) is 4.90 Å². The lowest BCUT2D eigenvalue weighted by Crippen LogP contribution is -2.44. The molecule has 130 valence electrons. The number of nitrogens with two attached hydrogens (primary N) is 1. The van der Waals surface area contributed by atoms with Crippen LogP contribution in [0.3, 0.4) is 0 Å². The smallest absolute Gasteiger partial charge is 0.326 e. The molecule has 0 spiro atoms. The number of hydrogen-bond acceptors (Lipinski definition) is 5. The van der Waals surface area contributed by atoms with Crippen LogP contribution in [0.1, 0.15) is 30.1 Å². The normalized spacial score (nSPS) is 14.6. The first-order valence-electron chi connectivity index (χ1n) is 7.49. The molecular weight excluding hydrogens is 316 g/mol. The maximum Gasteiger partial charge on any atom is 0.326 e. The molecular formula is C16H20N2O6. The maximum absolute atomic E-state index is 12.7. The van der Waals surface area contributed by atoms with Gasteiger partial charge >= 0.3 is 5.97 Å². The van der Waals surface area contributed by atoms with Gasteiger partial charge in [0.1, 0.15) is 6.04 Å². The molecule has 0 saturated heterocycles. The summed E-state index contributed by atoms with van der Waals surface area (Å²) < 4.78 is 10.4. The minimum absolute atomic E-state index is 0.0552. The van der Waals surface area contributed by atoms with Crippen molar-refractivity contribution in [3.8, 4) is 11.5 Å². The zero-order valence-corrected chi connectivity index (χ0v) is 13.5. The van der Waals surface area contributed by atoms with E-state index in [2.05, 4.69) is 0 Å². The fraction of sp³-hybridized carbons (Fsp3) is 0.438. The monoisotopic (exact) mass is 336 g/mol. The summed E-state index contributed by atoms with van der Waals surface area (Å²) in [6, 6.07) is 3.49. The second-order valence-electron chi connectivity index (χ2n) is 5.58. The van der Waals surface area contributed by atoms with Gasteiger partial charge in [-0.3, -0.25) is 9.59 Å². The molecule has 0 aliphatic heterocycles. The fourth-order valence-electron chi connectivity index (χ4n) is 2.35. The summed E-state index contributed by atoms with van der Waals surface area (Å²) in [6.45, 7) is 1.17. The fourth-order valence-corrected chi connectivity index (χ4v) is 2.35. The number of rotatable bonds is 8. The van der Waals surface area contributed by atoms with Gasteiger partial charge in [-0.1, -0.05) is 0 Å². The molecule has 2 amide bonds. The van der Waals surface area contributed by atoms with Crippen molar-refractivity contribution in [2.45, 2.75) is 31.8 Å². The zero-order chi connectivity index (χ0) is 17.9. The number of carbonyl (C=O) groups is 3. The van der Waals surface area contributed by atoms with E-state index >= 15 is 0 Å². The van der Waals surface area contributed by atoms with Gasteiger partial charge in [0.2, 0.25) is 0 Å². The third kappa shape index (κ3) is 3.95. The number of ether oxygens (including phenoxy) is 2. The second kappa shape index (κ2) is 7.20. The molecule has 1 fully saturated rings. The quantitative estimate of drug-likeness (QED) is 0.719. The number of amides is 2. The molecule has 2 rings (SSSR count). The summed E-state index contributed by atoms with van der Waals surface area (Å²) in [4.78, 5) is 36.1. The Bertz CT molecular complexity index is 656. The van der Waals surface area contributed by atoms with Crippen LogP contribution in [0.25, 0.3) is 0 Å². The molecule has 1 atom stereocenters. The summed E-state index contributed by atoms with van der Waals surface area (Å²) in [5.74, 6) is -1.53. The number of carboxylic acids is 1. The minimum Gasteiger partial charge on any atom is -0.493 e. The van der Waals surface area contributed by atoms with Crippen LogP contribution in [-0.2, 0) is 9.59 Å². The molecule has 1 unspecified atom stereocenters. The van der Waals surface area contributed by atoms with Crippen LogP contribution in [0, 0.1) is 0 Å². The molecule has 1 saturated carbocycles. The summed E-state index contributed by atoms with van der Waals surface area (Å²) in [5, 5.41) is 9.21. The SMILES string of the molecule is COc1cc(C(=O)N(C2CC2)C(C)C(=O)O)ccc1OCC(N)=O. The van der Waals surface area contributed by atoms with E-state index in [0.29, 0.717) is 5.56 Å². The first-order valence-corrected chi connectivity index (χ1v) is 7.49. The Balaban J connectivity index is 2.25. The van der Waals surface area contributed by atoms with Gasteiger partial charge in [0, 0.05) is 11.6 Å². The number of carbonyl (C=O) groups excluding carboxylic acids is 2. The predicted octanol–water partition coefficient (Wildman–Crippen LogP) is 0.637. The molecule has 0 heterocycles. The van der Waals surface area contributed by atoms with Crippen molar-refractivity contribution in [2.24, 2.45) is 5.73 Å². The van der Waals surface area contributed by atoms with E-state index in [1.54, 1.807) is 0 Å². The highest BCUT2D eigenvalue weighted by molar-refractivity contribution is 5.97. The molecule has 24 heavy (non-hydrogen) atoms. The van der Waals surface area contributed by atoms with Crippen LogP contribution in [0.5, 0.6) is 11.5 Å². The van der Waals surface area contributed by atoms with Gasteiger partial charge in [0.05, 0.1) is 7.11 Å². The van der Waals surface area contributed by atoms with Crippen molar-refractivity contribution in [1.29, 1.82) is 0 Å². The average molecular weight is 336 g/mol. The number of methoxy groups -OCH3 is 1. The number of nitrogens with zero attached hydrogens (tertiary/aromatic N) is 1. The average Bonchev–Trinajstić information content (AvgIpc) is 3.37. The molecule has 3 N–H and O–H groups in total. The Kier molecular flexibility index (Phi) is 5.28. The van der Waals surface area contributed by atoms with Crippen LogP contribution in [0.2, 0.25) is 0 Å². The predicted molar refractivity (Wildman–Crippen MR) is 84.0 cm³/mol. The number of aliphatic carboxylic acids is 1. The highest BCUT2D eigenvalue weighted by atomic mass is 16.5. The van der Waals surface area contributed by atoms with Gasteiger partial charge in [-0.2, -0.15) is 0 Å². The minimum atomic E-state index is -1.05. The van der Waals surface area contributed by atoms with Crippen molar-refractivity contribution < 1.29 is 29.0 Å². The summed E-state index contributed by atoms with van der Waals surface area (Å²) in [6.07, 6.45) is 1.58. The second-order valence-corrected chi connectivity index (χ2v) is 5.58. The Hall–Kier alpha value is -2.77. The summed E-state index contributed by atoms with van der Waals surface area (Å²) in [7, 11) is 1.40. The molecule has 0 radical (unpaired) electrons. The van der Waals surface area contributed by atoms with E-state index in [1.165, 1.54) is 37.1 Å². The Morgan fingerprint density at radius 2 is 2.00 bits per heavy atom. The molecule has 1 aliphatic rings. The van der Waals surface area contributed by atoms with Gasteiger partial charge in [0.25, 0.3) is 11.8 Å². The van der Waals surface area contributed by atoms with Gasteiger partial charge in [-0.15, -0.1) is 0 Å². The molecule has 1 aromatic rings. The molecule has 1 aromatic carbocycles. The van der Waals surface area contributed by atoms with E-state index < -0.39 is 17.9 Å². The lowest BCUT2D eigenvalue weighted by molar-refractivity contribution is -0.141. The third-order valence-electron chi connectivity index (χ3n) is 3.73. The molecule has 0 aromatic heterocycles. The van der Waals surface area contributed by atoms with Gasteiger partial charge < -0.3 is 25.2 Å². The van der Waals surface area contributed by atoms with Crippen LogP contribution in [-0.4, -0.2) is 53.6 Å². The Morgan fingerprint density at radius 1 is 1.33 bits per heavy atom. The molecule has 0 bridgehead atoms. The van der Waals surface area contributed by atoms with E-state index in [-0.39, 0.29) is 30.1 Å². The maximum atomic E-state index is 12.7. The van der Waals surface area contributed by atoms with Crippen LogP contribution >= 0.6 is 0 Å². The lowest BCUT2D eigenvalue weighted by Gasteiger charge is -2.26. The summed E-state index contributed by atoms with van der Waals surface area (Å²) in [5.41, 5.74) is 5.32. The summed E-state index contributed by atoms with van der Waals surface area (Å²) >= 11 is 0. The first kappa shape index (κ1) is 17.6. The number of primary amides is 1. The molecule has 8 nitrogen and oxygen atoms in total. The lowest BCUT2D eigenvalue weighted by atomic mass is 10.1. The Morgan fingerprint density at radius 3 is 2.50 bits per heavy atom. The van der Waals surface area contributed by atoms with Crippen molar-refractivity contribution >= 4 is 17.8 Å². The van der Waals surface area contributed by atoms with Crippen LogP contribution in [0.15, 0.2) is 18.2 Å². The van der Waals surface area contributed by atoms with E-state index in [0.717, 1.165) is 12.8 Å². The number of hydrogen-bond donors (Lipinski definition) is 2. The van der Waals surface area contributed by atoms with E-state index in [1.807, 2.05) is 0 Å². The van der Waals surface area contributed by atoms with Gasteiger partial charge in [-0.05, 0) is 38.0 Å². The van der Waals surface area contributed by atoms with Crippen LogP contribution < -0.4 is 15.2 Å². The van der Waals surface area contributed by atoms with E-state index in [4.69, 9.17) is 15.2 Å². The zero-order valence-electron chi connectivity index (χ0n) is 13.5. The van der Waals surface area contributed by atoms with Gasteiger partial charge in [0.15, 0.2) is 18.1 Å². The largest absolute Gasteiger partial charge is 0.493 e. The first-order chi connectivity index (χ1) is 11.3. The highest BCUT2D eigenvalue weighted by Crippen LogP contribution is 2.33.